The Balaban J connectivity index is 2.18. The molecule has 1 saturated carbocycles. The highest BCUT2D eigenvalue weighted by molar-refractivity contribution is 5.70. The molecule has 0 saturated heterocycles. The Hall–Kier alpha value is -1.06. The minimum Gasteiger partial charge on any atom is -0.466 e. The first-order chi connectivity index (χ1) is 11.1. The van der Waals surface area contributed by atoms with E-state index in [0.717, 1.165) is 19.3 Å². The molecule has 0 aromatic rings. The van der Waals surface area contributed by atoms with Gasteiger partial charge >= 0.3 is 11.9 Å². The Morgan fingerprint density at radius 3 is 2.12 bits per heavy atom. The Morgan fingerprint density at radius 2 is 1.54 bits per heavy atom. The average molecular weight is 341 g/mol. The van der Waals surface area contributed by atoms with Gasteiger partial charge in [-0.3, -0.25) is 9.59 Å². The van der Waals surface area contributed by atoms with Crippen molar-refractivity contribution in [1.82, 2.24) is 0 Å². The number of hydrogen-bond acceptors (Lipinski definition) is 4. The van der Waals surface area contributed by atoms with Crippen LogP contribution in [0, 0.1) is 11.3 Å². The van der Waals surface area contributed by atoms with Gasteiger partial charge in [0.2, 0.25) is 0 Å². The molecule has 0 aliphatic heterocycles. The van der Waals surface area contributed by atoms with Crippen molar-refractivity contribution in [3.63, 3.8) is 0 Å². The number of esters is 2. The Morgan fingerprint density at radius 1 is 0.917 bits per heavy atom. The van der Waals surface area contributed by atoms with Gasteiger partial charge in [0.1, 0.15) is 5.60 Å². The van der Waals surface area contributed by atoms with Gasteiger partial charge in [-0.15, -0.1) is 0 Å². The van der Waals surface area contributed by atoms with Gasteiger partial charge in [-0.1, -0.05) is 40.0 Å². The lowest BCUT2D eigenvalue weighted by Crippen LogP contribution is -2.37. The van der Waals surface area contributed by atoms with Crippen LogP contribution in [0.5, 0.6) is 0 Å². The van der Waals surface area contributed by atoms with E-state index in [4.69, 9.17) is 9.47 Å². The third-order valence-electron chi connectivity index (χ3n) is 4.83. The van der Waals surface area contributed by atoms with Gasteiger partial charge in [-0.05, 0) is 50.9 Å². The molecule has 4 heteroatoms. The van der Waals surface area contributed by atoms with Crippen LogP contribution in [0.4, 0.5) is 0 Å². The van der Waals surface area contributed by atoms with Gasteiger partial charge in [-0.25, -0.2) is 0 Å². The normalized spacial score (nSPS) is 16.7. The zero-order valence-electron chi connectivity index (χ0n) is 16.3. The van der Waals surface area contributed by atoms with Crippen LogP contribution in [0.15, 0.2) is 0 Å². The second-order valence-corrected chi connectivity index (χ2v) is 8.80. The lowest BCUT2D eigenvalue weighted by molar-refractivity contribution is -0.164. The average Bonchev–Trinajstić information content (AvgIpc) is 2.49. The molecule has 1 aliphatic rings. The first-order valence-electron chi connectivity index (χ1n) is 9.48. The molecule has 0 aromatic heterocycles. The number of ether oxygens (including phenoxy) is 2. The number of rotatable bonds is 8. The monoisotopic (exact) mass is 340 g/mol. The van der Waals surface area contributed by atoms with Crippen LogP contribution in [0.3, 0.4) is 0 Å². The van der Waals surface area contributed by atoms with Crippen LogP contribution in [0.25, 0.3) is 0 Å². The molecule has 0 atom stereocenters. The van der Waals surface area contributed by atoms with Gasteiger partial charge in [0, 0.05) is 12.8 Å². The minimum absolute atomic E-state index is 0.132. The smallest absolute Gasteiger partial charge is 0.306 e. The summed E-state index contributed by atoms with van der Waals surface area (Å²) in [5.41, 5.74) is -0.256. The molecule has 1 aliphatic carbocycles. The molecular formula is C20H36O4. The summed E-state index contributed by atoms with van der Waals surface area (Å²) in [4.78, 5) is 23.7. The second-order valence-electron chi connectivity index (χ2n) is 8.80. The van der Waals surface area contributed by atoms with E-state index < -0.39 is 0 Å². The number of carbonyl (C=O) groups is 2. The van der Waals surface area contributed by atoms with Gasteiger partial charge in [0.05, 0.1) is 6.61 Å². The van der Waals surface area contributed by atoms with Crippen LogP contribution in [-0.4, -0.2) is 24.1 Å². The highest BCUT2D eigenvalue weighted by Crippen LogP contribution is 2.35. The summed E-state index contributed by atoms with van der Waals surface area (Å²) in [6, 6.07) is 0. The topological polar surface area (TPSA) is 52.6 Å². The van der Waals surface area contributed by atoms with Crippen LogP contribution in [0.1, 0.15) is 92.4 Å². The first kappa shape index (κ1) is 21.0. The van der Waals surface area contributed by atoms with Crippen LogP contribution < -0.4 is 0 Å². The second kappa shape index (κ2) is 9.43. The lowest BCUT2D eigenvalue weighted by Gasteiger charge is -2.36. The molecule has 0 unspecified atom stereocenters. The minimum atomic E-state index is -0.388. The Bertz CT molecular complexity index is 400. The van der Waals surface area contributed by atoms with Crippen molar-refractivity contribution < 1.29 is 19.1 Å². The molecule has 0 radical (unpaired) electrons. The van der Waals surface area contributed by atoms with E-state index in [1.165, 1.54) is 19.3 Å². The fourth-order valence-electron chi connectivity index (χ4n) is 3.18. The predicted molar refractivity (Wildman–Crippen MR) is 95.6 cm³/mol. The summed E-state index contributed by atoms with van der Waals surface area (Å²) >= 11 is 0. The molecule has 0 amide bonds. The quantitative estimate of drug-likeness (QED) is 0.459. The maximum Gasteiger partial charge on any atom is 0.306 e. The van der Waals surface area contributed by atoms with Crippen molar-refractivity contribution in [2.75, 3.05) is 6.61 Å². The summed E-state index contributed by atoms with van der Waals surface area (Å²) in [5.74, 6) is 0.0996. The molecule has 4 nitrogen and oxygen atoms in total. The molecule has 0 bridgehead atoms. The summed E-state index contributed by atoms with van der Waals surface area (Å²) in [6.45, 7) is 10.6. The summed E-state index contributed by atoms with van der Waals surface area (Å²) in [7, 11) is 0. The van der Waals surface area contributed by atoms with Crippen LogP contribution in [0.2, 0.25) is 0 Å². The Labute approximate surface area is 147 Å². The van der Waals surface area contributed by atoms with Crippen molar-refractivity contribution in [1.29, 1.82) is 0 Å². The van der Waals surface area contributed by atoms with E-state index >= 15 is 0 Å². The standard InChI is InChI=1S/C20H36O4/c1-19(2,3)14-13-17(21)23-15-9-12-18(22)24-20(4,5)16-10-7-6-8-11-16/h16H,6-15H2,1-5H3. The van der Waals surface area contributed by atoms with E-state index in [1.54, 1.807) is 0 Å². The van der Waals surface area contributed by atoms with E-state index in [1.807, 2.05) is 13.8 Å². The molecule has 0 aromatic carbocycles. The molecule has 0 spiro atoms. The number of carbonyl (C=O) groups excluding carboxylic acids is 2. The zero-order valence-corrected chi connectivity index (χ0v) is 16.3. The van der Waals surface area contributed by atoms with E-state index in [-0.39, 0.29) is 23.0 Å². The van der Waals surface area contributed by atoms with Crippen molar-refractivity contribution >= 4 is 11.9 Å². The Kier molecular flexibility index (Phi) is 8.24. The van der Waals surface area contributed by atoms with Gasteiger partial charge in [0.15, 0.2) is 0 Å². The molecule has 24 heavy (non-hydrogen) atoms. The molecule has 1 fully saturated rings. The SMILES string of the molecule is CC(C)(C)CCC(=O)OCCCC(=O)OC(C)(C)C1CCCCC1. The van der Waals surface area contributed by atoms with Crippen molar-refractivity contribution in [2.24, 2.45) is 11.3 Å². The highest BCUT2D eigenvalue weighted by Gasteiger charge is 2.33. The molecular weight excluding hydrogens is 304 g/mol. The lowest BCUT2D eigenvalue weighted by atomic mass is 9.79. The largest absolute Gasteiger partial charge is 0.466 e. The summed E-state index contributed by atoms with van der Waals surface area (Å²) in [5, 5.41) is 0. The van der Waals surface area contributed by atoms with E-state index in [0.29, 0.717) is 31.8 Å². The third-order valence-corrected chi connectivity index (χ3v) is 4.83. The molecule has 1 rings (SSSR count). The van der Waals surface area contributed by atoms with E-state index in [2.05, 4.69) is 20.8 Å². The van der Waals surface area contributed by atoms with Crippen LogP contribution >= 0.6 is 0 Å². The molecule has 0 heterocycles. The van der Waals surface area contributed by atoms with Gasteiger partial charge in [0.25, 0.3) is 0 Å². The van der Waals surface area contributed by atoms with Crippen molar-refractivity contribution in [3.8, 4) is 0 Å². The highest BCUT2D eigenvalue weighted by atomic mass is 16.6. The molecule has 140 valence electrons. The van der Waals surface area contributed by atoms with Gasteiger partial charge in [-0.2, -0.15) is 0 Å². The predicted octanol–water partition coefficient (Wildman–Crippen LogP) is 5.04. The van der Waals surface area contributed by atoms with Crippen molar-refractivity contribution in [2.45, 2.75) is 98.0 Å². The maximum atomic E-state index is 12.0. The fraction of sp³-hybridized carbons (Fsp3) is 0.900. The third kappa shape index (κ3) is 8.70. The summed E-state index contributed by atoms with van der Waals surface area (Å²) in [6.07, 6.45) is 8.13. The fourth-order valence-corrected chi connectivity index (χ4v) is 3.18. The van der Waals surface area contributed by atoms with E-state index in [9.17, 15) is 9.59 Å². The maximum absolute atomic E-state index is 12.0. The van der Waals surface area contributed by atoms with Gasteiger partial charge < -0.3 is 9.47 Å². The summed E-state index contributed by atoms with van der Waals surface area (Å²) < 4.78 is 10.9. The zero-order chi connectivity index (χ0) is 18.2. The first-order valence-corrected chi connectivity index (χ1v) is 9.48. The molecule has 0 N–H and O–H groups in total. The number of hydrogen-bond donors (Lipinski definition) is 0. The van der Waals surface area contributed by atoms with Crippen LogP contribution in [-0.2, 0) is 19.1 Å². The van der Waals surface area contributed by atoms with Crippen molar-refractivity contribution in [3.05, 3.63) is 0 Å².